The zero-order valence-electron chi connectivity index (χ0n) is 13.4. The summed E-state index contributed by atoms with van der Waals surface area (Å²) in [6.45, 7) is 7.11. The minimum atomic E-state index is 0.291. The van der Waals surface area contributed by atoms with E-state index in [2.05, 4.69) is 13.8 Å². The number of hydrogen-bond acceptors (Lipinski definition) is 2. The van der Waals surface area contributed by atoms with Gasteiger partial charge in [-0.3, -0.25) is 0 Å². The van der Waals surface area contributed by atoms with Crippen LogP contribution in [0.2, 0.25) is 0 Å². The van der Waals surface area contributed by atoms with Gasteiger partial charge in [0.1, 0.15) is 11.5 Å². The fourth-order valence-electron chi connectivity index (χ4n) is 2.28. The average molecular weight is 278 g/mol. The molecule has 2 heteroatoms. The molecule has 0 amide bonds. The van der Waals surface area contributed by atoms with Gasteiger partial charge in [0.25, 0.3) is 0 Å². The maximum Gasteiger partial charge on any atom is 0.119 e. The van der Waals surface area contributed by atoms with Crippen molar-refractivity contribution in [3.05, 3.63) is 24.3 Å². The van der Waals surface area contributed by atoms with Crippen molar-refractivity contribution in [1.82, 2.24) is 0 Å². The molecule has 0 aromatic heterocycles. The van der Waals surface area contributed by atoms with Gasteiger partial charge in [0.05, 0.1) is 12.7 Å². The zero-order chi connectivity index (χ0) is 14.6. The topological polar surface area (TPSA) is 18.5 Å². The molecule has 0 bridgehead atoms. The van der Waals surface area contributed by atoms with E-state index in [4.69, 9.17) is 9.47 Å². The molecular formula is C18H30O2. The fraction of sp³-hybridized carbons (Fsp3) is 0.667. The average Bonchev–Trinajstić information content (AvgIpc) is 2.45. The minimum absolute atomic E-state index is 0.291. The SMILES string of the molecule is CCCCCCCCC(C)Oc1ccc(OCC)cc1. The van der Waals surface area contributed by atoms with Gasteiger partial charge in [-0.2, -0.15) is 0 Å². The molecule has 1 atom stereocenters. The van der Waals surface area contributed by atoms with Crippen molar-refractivity contribution in [2.45, 2.75) is 71.8 Å². The van der Waals surface area contributed by atoms with Crippen molar-refractivity contribution in [3.63, 3.8) is 0 Å². The Kier molecular flexibility index (Phi) is 8.93. The number of rotatable bonds is 11. The van der Waals surface area contributed by atoms with Crippen LogP contribution in [0.3, 0.4) is 0 Å². The molecule has 0 heterocycles. The lowest BCUT2D eigenvalue weighted by Gasteiger charge is -2.15. The third kappa shape index (κ3) is 7.42. The summed E-state index contributed by atoms with van der Waals surface area (Å²) in [5.74, 6) is 1.84. The third-order valence-electron chi connectivity index (χ3n) is 3.44. The van der Waals surface area contributed by atoms with Crippen molar-refractivity contribution >= 4 is 0 Å². The van der Waals surface area contributed by atoms with Gasteiger partial charge in [-0.25, -0.2) is 0 Å². The molecule has 0 N–H and O–H groups in total. The lowest BCUT2D eigenvalue weighted by Crippen LogP contribution is -2.11. The second kappa shape index (κ2) is 10.6. The zero-order valence-corrected chi connectivity index (χ0v) is 13.4. The van der Waals surface area contributed by atoms with Crippen LogP contribution in [0.4, 0.5) is 0 Å². The Balaban J connectivity index is 2.16. The smallest absolute Gasteiger partial charge is 0.119 e. The predicted octanol–water partition coefficient (Wildman–Crippen LogP) is 5.60. The van der Waals surface area contributed by atoms with Crippen LogP contribution in [-0.4, -0.2) is 12.7 Å². The fourth-order valence-corrected chi connectivity index (χ4v) is 2.28. The Morgan fingerprint density at radius 1 is 0.850 bits per heavy atom. The number of unbranched alkanes of at least 4 members (excludes halogenated alkanes) is 5. The molecule has 0 aliphatic rings. The van der Waals surface area contributed by atoms with Crippen molar-refractivity contribution in [2.75, 3.05) is 6.61 Å². The van der Waals surface area contributed by atoms with Gasteiger partial charge in [0, 0.05) is 0 Å². The third-order valence-corrected chi connectivity index (χ3v) is 3.44. The van der Waals surface area contributed by atoms with Crippen molar-refractivity contribution in [2.24, 2.45) is 0 Å². The molecular weight excluding hydrogens is 248 g/mol. The Bertz CT molecular complexity index is 332. The first-order valence-electron chi connectivity index (χ1n) is 8.15. The first-order chi connectivity index (χ1) is 9.76. The van der Waals surface area contributed by atoms with Crippen LogP contribution in [0.15, 0.2) is 24.3 Å². The highest BCUT2D eigenvalue weighted by Gasteiger charge is 2.04. The molecule has 1 aromatic rings. The highest BCUT2D eigenvalue weighted by molar-refractivity contribution is 5.31. The van der Waals surface area contributed by atoms with Crippen LogP contribution < -0.4 is 9.47 Å². The van der Waals surface area contributed by atoms with Crippen LogP contribution in [0, 0.1) is 0 Å². The van der Waals surface area contributed by atoms with Crippen LogP contribution in [0.1, 0.15) is 65.7 Å². The van der Waals surface area contributed by atoms with Crippen LogP contribution >= 0.6 is 0 Å². The highest BCUT2D eigenvalue weighted by Crippen LogP contribution is 2.20. The summed E-state index contributed by atoms with van der Waals surface area (Å²) in [5.41, 5.74) is 0. The summed E-state index contributed by atoms with van der Waals surface area (Å²) in [6, 6.07) is 7.91. The molecule has 1 rings (SSSR count). The van der Waals surface area contributed by atoms with Gasteiger partial charge in [0.2, 0.25) is 0 Å². The first-order valence-corrected chi connectivity index (χ1v) is 8.15. The van der Waals surface area contributed by atoms with Gasteiger partial charge in [-0.15, -0.1) is 0 Å². The summed E-state index contributed by atoms with van der Waals surface area (Å²) < 4.78 is 11.3. The molecule has 0 saturated heterocycles. The molecule has 0 spiro atoms. The van der Waals surface area contributed by atoms with E-state index in [1.807, 2.05) is 31.2 Å². The van der Waals surface area contributed by atoms with Gasteiger partial charge < -0.3 is 9.47 Å². The lowest BCUT2D eigenvalue weighted by molar-refractivity contribution is 0.206. The van der Waals surface area contributed by atoms with E-state index in [1.54, 1.807) is 0 Å². The van der Waals surface area contributed by atoms with Gasteiger partial charge in [0.15, 0.2) is 0 Å². The summed E-state index contributed by atoms with van der Waals surface area (Å²) >= 11 is 0. The first kappa shape index (κ1) is 16.9. The van der Waals surface area contributed by atoms with E-state index >= 15 is 0 Å². The van der Waals surface area contributed by atoms with E-state index in [1.165, 1.54) is 38.5 Å². The van der Waals surface area contributed by atoms with Crippen LogP contribution in [0.25, 0.3) is 0 Å². The maximum atomic E-state index is 5.92. The van der Waals surface area contributed by atoms with E-state index < -0.39 is 0 Å². The summed E-state index contributed by atoms with van der Waals surface area (Å²) in [6.07, 6.45) is 9.46. The van der Waals surface area contributed by atoms with Gasteiger partial charge in [-0.1, -0.05) is 39.0 Å². The molecule has 2 nitrogen and oxygen atoms in total. The molecule has 0 saturated carbocycles. The normalized spacial score (nSPS) is 12.2. The number of hydrogen-bond donors (Lipinski definition) is 0. The van der Waals surface area contributed by atoms with Crippen molar-refractivity contribution < 1.29 is 9.47 Å². The molecule has 1 unspecified atom stereocenters. The highest BCUT2D eigenvalue weighted by atomic mass is 16.5. The summed E-state index contributed by atoms with van der Waals surface area (Å²) in [5, 5.41) is 0. The lowest BCUT2D eigenvalue weighted by atomic mass is 10.1. The predicted molar refractivity (Wildman–Crippen MR) is 85.7 cm³/mol. The van der Waals surface area contributed by atoms with Gasteiger partial charge >= 0.3 is 0 Å². The van der Waals surface area contributed by atoms with Crippen LogP contribution in [0.5, 0.6) is 11.5 Å². The minimum Gasteiger partial charge on any atom is -0.494 e. The molecule has 0 aliphatic heterocycles. The Labute approximate surface area is 124 Å². The molecule has 114 valence electrons. The van der Waals surface area contributed by atoms with E-state index in [9.17, 15) is 0 Å². The Morgan fingerprint density at radius 3 is 2.10 bits per heavy atom. The van der Waals surface area contributed by atoms with Crippen molar-refractivity contribution in [1.29, 1.82) is 0 Å². The maximum absolute atomic E-state index is 5.92. The largest absolute Gasteiger partial charge is 0.494 e. The number of benzene rings is 1. The standard InChI is InChI=1S/C18H30O2/c1-4-6-7-8-9-10-11-16(3)20-18-14-12-17(13-15-18)19-5-2/h12-16H,4-11H2,1-3H3. The molecule has 0 aliphatic carbocycles. The summed E-state index contributed by atoms with van der Waals surface area (Å²) in [7, 11) is 0. The van der Waals surface area contributed by atoms with E-state index in [-0.39, 0.29) is 0 Å². The quantitative estimate of drug-likeness (QED) is 0.490. The van der Waals surface area contributed by atoms with E-state index in [0.29, 0.717) is 12.7 Å². The molecule has 1 aromatic carbocycles. The van der Waals surface area contributed by atoms with Gasteiger partial charge in [-0.05, 0) is 51.0 Å². The molecule has 0 radical (unpaired) electrons. The molecule has 0 fully saturated rings. The second-order valence-corrected chi connectivity index (χ2v) is 5.39. The van der Waals surface area contributed by atoms with Crippen molar-refractivity contribution in [3.8, 4) is 11.5 Å². The Hall–Kier alpha value is -1.18. The molecule has 20 heavy (non-hydrogen) atoms. The second-order valence-electron chi connectivity index (χ2n) is 5.39. The number of ether oxygens (including phenoxy) is 2. The Morgan fingerprint density at radius 2 is 1.45 bits per heavy atom. The van der Waals surface area contributed by atoms with Crippen LogP contribution in [-0.2, 0) is 0 Å². The van der Waals surface area contributed by atoms with E-state index in [0.717, 1.165) is 17.9 Å². The summed E-state index contributed by atoms with van der Waals surface area (Å²) in [4.78, 5) is 0. The monoisotopic (exact) mass is 278 g/mol.